The Hall–Kier alpha value is -2.21. The summed E-state index contributed by atoms with van der Waals surface area (Å²) in [5.74, 6) is 2.63. The Morgan fingerprint density at radius 3 is 2.38 bits per heavy atom. The van der Waals surface area contributed by atoms with Crippen molar-refractivity contribution in [3.8, 4) is 0 Å². The highest BCUT2D eigenvalue weighted by atomic mass is 32.1. The molecule has 4 nitrogen and oxygen atoms in total. The van der Waals surface area contributed by atoms with Crippen molar-refractivity contribution in [3.05, 3.63) is 46.3 Å². The highest BCUT2D eigenvalue weighted by Gasteiger charge is 2.31. The zero-order valence-corrected chi connectivity index (χ0v) is 17.3. The van der Waals surface area contributed by atoms with Crippen molar-refractivity contribution < 1.29 is 4.39 Å². The second-order valence-electron chi connectivity index (χ2n) is 8.52. The number of anilines is 2. The lowest BCUT2D eigenvalue weighted by atomic mass is 9.97. The molecule has 1 saturated carbocycles. The van der Waals surface area contributed by atoms with Gasteiger partial charge in [0.15, 0.2) is 0 Å². The van der Waals surface area contributed by atoms with E-state index in [0.717, 1.165) is 37.7 Å². The largest absolute Gasteiger partial charge is 0.368 e. The molecule has 0 spiro atoms. The molecule has 2 aliphatic carbocycles. The number of thiophene rings is 1. The normalized spacial score (nSPS) is 19.6. The third-order valence-corrected chi connectivity index (χ3v) is 7.71. The summed E-state index contributed by atoms with van der Waals surface area (Å²) in [7, 11) is 0. The van der Waals surface area contributed by atoms with Crippen LogP contribution in [0.5, 0.6) is 0 Å². The Morgan fingerprint density at radius 2 is 1.62 bits per heavy atom. The molecule has 0 N–H and O–H groups in total. The van der Waals surface area contributed by atoms with Gasteiger partial charge in [0, 0.05) is 42.7 Å². The average Bonchev–Trinajstić information content (AvgIpc) is 3.54. The topological polar surface area (TPSA) is 32.3 Å². The molecule has 1 aromatic carbocycles. The molecular formula is C23H25FN4S. The van der Waals surface area contributed by atoms with Crippen molar-refractivity contribution in [1.82, 2.24) is 9.97 Å². The first kappa shape index (κ1) is 17.6. The van der Waals surface area contributed by atoms with Crippen LogP contribution in [0.2, 0.25) is 0 Å². The lowest BCUT2D eigenvalue weighted by molar-refractivity contribution is 0.624. The summed E-state index contributed by atoms with van der Waals surface area (Å²) in [5, 5.41) is 1.34. The first-order valence-electron chi connectivity index (χ1n) is 10.8. The molecule has 0 atom stereocenters. The summed E-state index contributed by atoms with van der Waals surface area (Å²) in [6.45, 7) is 3.75. The van der Waals surface area contributed by atoms with Crippen molar-refractivity contribution in [2.45, 2.75) is 44.4 Å². The van der Waals surface area contributed by atoms with Gasteiger partial charge in [-0.15, -0.1) is 11.3 Å². The fourth-order valence-electron chi connectivity index (χ4n) is 4.74. The van der Waals surface area contributed by atoms with Gasteiger partial charge in [0.05, 0.1) is 5.39 Å². The molecule has 2 fully saturated rings. The molecule has 1 saturated heterocycles. The van der Waals surface area contributed by atoms with E-state index in [0.29, 0.717) is 5.92 Å². The predicted molar refractivity (Wildman–Crippen MR) is 117 cm³/mol. The zero-order valence-electron chi connectivity index (χ0n) is 16.5. The number of aromatic nitrogens is 2. The van der Waals surface area contributed by atoms with Crippen molar-refractivity contribution in [2.75, 3.05) is 36.0 Å². The van der Waals surface area contributed by atoms with Crippen LogP contribution in [0.15, 0.2) is 24.3 Å². The summed E-state index contributed by atoms with van der Waals surface area (Å²) in [4.78, 5) is 17.7. The lowest BCUT2D eigenvalue weighted by Gasteiger charge is -2.37. The minimum Gasteiger partial charge on any atom is -0.368 e. The van der Waals surface area contributed by atoms with Crippen LogP contribution in [0.4, 0.5) is 15.9 Å². The number of hydrogen-bond donors (Lipinski definition) is 0. The van der Waals surface area contributed by atoms with Gasteiger partial charge >= 0.3 is 0 Å². The highest BCUT2D eigenvalue weighted by Crippen LogP contribution is 2.44. The van der Waals surface area contributed by atoms with Gasteiger partial charge in [-0.2, -0.15) is 0 Å². The number of piperazine rings is 1. The monoisotopic (exact) mass is 408 g/mol. The zero-order chi connectivity index (χ0) is 19.4. The molecule has 3 aliphatic rings. The van der Waals surface area contributed by atoms with Gasteiger partial charge in [-0.3, -0.25) is 0 Å². The lowest BCUT2D eigenvalue weighted by Crippen LogP contribution is -2.47. The molecule has 0 radical (unpaired) electrons. The van der Waals surface area contributed by atoms with E-state index in [9.17, 15) is 4.39 Å². The summed E-state index contributed by atoms with van der Waals surface area (Å²) in [5.41, 5.74) is 2.63. The molecule has 3 aromatic rings. The molecule has 0 amide bonds. The number of benzene rings is 1. The van der Waals surface area contributed by atoms with E-state index < -0.39 is 0 Å². The maximum atomic E-state index is 13.3. The van der Waals surface area contributed by atoms with E-state index in [1.165, 1.54) is 60.1 Å². The summed E-state index contributed by atoms with van der Waals surface area (Å²) >= 11 is 1.91. The van der Waals surface area contributed by atoms with Crippen molar-refractivity contribution in [1.29, 1.82) is 0 Å². The van der Waals surface area contributed by atoms with E-state index in [-0.39, 0.29) is 5.82 Å². The van der Waals surface area contributed by atoms with Gasteiger partial charge in [0.25, 0.3) is 0 Å². The molecule has 6 rings (SSSR count). The third kappa shape index (κ3) is 3.18. The van der Waals surface area contributed by atoms with Gasteiger partial charge in [-0.25, -0.2) is 14.4 Å². The van der Waals surface area contributed by atoms with Crippen LogP contribution in [0.25, 0.3) is 10.2 Å². The number of fused-ring (bicyclic) bond motifs is 3. The fourth-order valence-corrected chi connectivity index (χ4v) is 6.00. The molecule has 6 heteroatoms. The van der Waals surface area contributed by atoms with Crippen LogP contribution >= 0.6 is 11.3 Å². The molecule has 29 heavy (non-hydrogen) atoms. The summed E-state index contributed by atoms with van der Waals surface area (Å²) in [6.07, 6.45) is 7.41. The second-order valence-corrected chi connectivity index (χ2v) is 9.60. The Labute approximate surface area is 174 Å². The van der Waals surface area contributed by atoms with Crippen molar-refractivity contribution >= 4 is 33.1 Å². The van der Waals surface area contributed by atoms with Crippen LogP contribution in [0, 0.1) is 5.82 Å². The van der Waals surface area contributed by atoms with E-state index in [1.807, 2.05) is 23.5 Å². The van der Waals surface area contributed by atoms with E-state index >= 15 is 0 Å². The van der Waals surface area contributed by atoms with Crippen LogP contribution in [0.1, 0.15) is 47.9 Å². The van der Waals surface area contributed by atoms with Crippen molar-refractivity contribution in [2.24, 2.45) is 0 Å². The van der Waals surface area contributed by atoms with E-state index in [2.05, 4.69) is 9.80 Å². The second kappa shape index (κ2) is 6.94. The first-order chi connectivity index (χ1) is 14.3. The standard InChI is InChI=1S/C23H25FN4S/c24-16-7-9-17(10-8-16)27-11-13-28(14-12-27)22-20-18-3-1-2-4-19(18)29-23(20)26-21(25-22)15-5-6-15/h7-10,15H,1-6,11-14H2. The van der Waals surface area contributed by atoms with Crippen molar-refractivity contribution in [3.63, 3.8) is 0 Å². The maximum Gasteiger partial charge on any atom is 0.141 e. The molecule has 0 unspecified atom stereocenters. The number of aryl methyl sites for hydroxylation is 2. The summed E-state index contributed by atoms with van der Waals surface area (Å²) < 4.78 is 13.3. The smallest absolute Gasteiger partial charge is 0.141 e. The first-order valence-corrected chi connectivity index (χ1v) is 11.7. The molecule has 3 heterocycles. The average molecular weight is 409 g/mol. The number of hydrogen-bond acceptors (Lipinski definition) is 5. The van der Waals surface area contributed by atoms with Crippen LogP contribution in [-0.2, 0) is 12.8 Å². The van der Waals surface area contributed by atoms with Crippen LogP contribution < -0.4 is 9.80 Å². The molecule has 0 bridgehead atoms. The van der Waals surface area contributed by atoms with Gasteiger partial charge in [0.1, 0.15) is 22.3 Å². The Balaban J connectivity index is 1.33. The Kier molecular flexibility index (Phi) is 4.22. The SMILES string of the molecule is Fc1ccc(N2CCN(c3nc(C4CC4)nc4sc5c(c34)CCCC5)CC2)cc1. The molecule has 150 valence electrons. The van der Waals surface area contributed by atoms with E-state index in [1.54, 1.807) is 17.0 Å². The van der Waals surface area contributed by atoms with Gasteiger partial charge in [0.2, 0.25) is 0 Å². The number of halogens is 1. The quantitative estimate of drug-likeness (QED) is 0.616. The molecule has 1 aliphatic heterocycles. The molecular weight excluding hydrogens is 383 g/mol. The van der Waals surface area contributed by atoms with Gasteiger partial charge < -0.3 is 9.80 Å². The number of rotatable bonds is 3. The Morgan fingerprint density at radius 1 is 0.897 bits per heavy atom. The minimum absolute atomic E-state index is 0.175. The Bertz CT molecular complexity index is 1050. The third-order valence-electron chi connectivity index (χ3n) is 6.53. The van der Waals surface area contributed by atoms with E-state index in [4.69, 9.17) is 9.97 Å². The molecule has 2 aromatic heterocycles. The number of nitrogens with zero attached hydrogens (tertiary/aromatic N) is 4. The van der Waals surface area contributed by atoms with Crippen LogP contribution in [-0.4, -0.2) is 36.1 Å². The maximum absolute atomic E-state index is 13.3. The highest BCUT2D eigenvalue weighted by molar-refractivity contribution is 7.19. The van der Waals surface area contributed by atoms with Gasteiger partial charge in [-0.1, -0.05) is 0 Å². The van der Waals surface area contributed by atoms with Gasteiger partial charge in [-0.05, 0) is 68.4 Å². The minimum atomic E-state index is -0.175. The fraction of sp³-hybridized carbons (Fsp3) is 0.478. The predicted octanol–water partition coefficient (Wildman–Crippen LogP) is 4.91. The van der Waals surface area contributed by atoms with Crippen LogP contribution in [0.3, 0.4) is 0 Å². The summed E-state index contributed by atoms with van der Waals surface area (Å²) in [6, 6.07) is 6.87.